The van der Waals surface area contributed by atoms with Crippen molar-refractivity contribution in [2.75, 3.05) is 18.2 Å². The zero-order chi connectivity index (χ0) is 20.5. The Morgan fingerprint density at radius 3 is 2.54 bits per heavy atom. The summed E-state index contributed by atoms with van der Waals surface area (Å²) in [4.78, 5) is 24.7. The average molecular weight is 406 g/mol. The van der Waals surface area contributed by atoms with Gasteiger partial charge in [-0.1, -0.05) is 24.3 Å². The first-order valence-electron chi connectivity index (χ1n) is 8.50. The van der Waals surface area contributed by atoms with Crippen molar-refractivity contribution in [2.45, 2.75) is 23.3 Å². The molecule has 3 N–H and O–H groups in total. The number of anilines is 1. The SMILES string of the molecule is CS(=O)(=O)c1ccc(C(CO)NC(=O)CC2C(=O)Nc3c(F)cccc32)cc1. The highest BCUT2D eigenvalue weighted by atomic mass is 32.2. The summed E-state index contributed by atoms with van der Waals surface area (Å²) < 4.78 is 36.8. The number of nitrogens with one attached hydrogen (secondary N) is 2. The molecule has 0 radical (unpaired) electrons. The molecule has 2 unspecified atom stereocenters. The van der Waals surface area contributed by atoms with Crippen LogP contribution in [0.4, 0.5) is 10.1 Å². The van der Waals surface area contributed by atoms with Gasteiger partial charge in [-0.2, -0.15) is 0 Å². The lowest BCUT2D eigenvalue weighted by Gasteiger charge is -2.18. The fraction of sp³-hybridized carbons (Fsp3) is 0.263. The highest BCUT2D eigenvalue weighted by Gasteiger charge is 2.34. The Balaban J connectivity index is 1.72. The van der Waals surface area contributed by atoms with E-state index < -0.39 is 46.0 Å². The number of benzene rings is 2. The number of para-hydroxylation sites is 1. The summed E-state index contributed by atoms with van der Waals surface area (Å²) in [6.07, 6.45) is 0.876. The smallest absolute Gasteiger partial charge is 0.232 e. The number of carbonyl (C=O) groups is 2. The third-order valence-corrected chi connectivity index (χ3v) is 5.73. The van der Waals surface area contributed by atoms with Gasteiger partial charge in [0.25, 0.3) is 0 Å². The summed E-state index contributed by atoms with van der Waals surface area (Å²) in [5.41, 5.74) is 1.02. The van der Waals surface area contributed by atoms with E-state index in [4.69, 9.17) is 0 Å². The molecule has 28 heavy (non-hydrogen) atoms. The fourth-order valence-corrected chi connectivity index (χ4v) is 3.77. The molecule has 1 aliphatic rings. The van der Waals surface area contributed by atoms with Crippen molar-refractivity contribution < 1.29 is 27.5 Å². The third-order valence-electron chi connectivity index (χ3n) is 4.60. The number of halogens is 1. The number of hydrogen-bond donors (Lipinski definition) is 3. The Hall–Kier alpha value is -2.78. The normalized spacial score (nSPS) is 17.0. The molecule has 0 saturated heterocycles. The van der Waals surface area contributed by atoms with E-state index >= 15 is 0 Å². The predicted molar refractivity (Wildman–Crippen MR) is 99.9 cm³/mol. The number of aliphatic hydroxyl groups is 1. The van der Waals surface area contributed by atoms with Crippen LogP contribution >= 0.6 is 0 Å². The van der Waals surface area contributed by atoms with Gasteiger partial charge in [-0.3, -0.25) is 9.59 Å². The zero-order valence-electron chi connectivity index (χ0n) is 15.0. The summed E-state index contributed by atoms with van der Waals surface area (Å²) in [6, 6.07) is 9.31. The number of sulfone groups is 1. The van der Waals surface area contributed by atoms with E-state index in [1.165, 1.54) is 36.4 Å². The van der Waals surface area contributed by atoms with Gasteiger partial charge < -0.3 is 15.7 Å². The minimum atomic E-state index is -3.35. The molecule has 1 aliphatic heterocycles. The van der Waals surface area contributed by atoms with Crippen molar-refractivity contribution in [2.24, 2.45) is 0 Å². The first kappa shape index (κ1) is 20.0. The standard InChI is InChI=1S/C19H19FN2O5S/c1-28(26,27)12-7-5-11(6-8-12)16(10-23)21-17(24)9-14-13-3-2-4-15(20)18(13)22-19(14)25/h2-8,14,16,23H,9-10H2,1H3,(H,21,24)(H,22,25). The van der Waals surface area contributed by atoms with E-state index in [2.05, 4.69) is 10.6 Å². The van der Waals surface area contributed by atoms with Gasteiger partial charge in [0, 0.05) is 12.7 Å². The van der Waals surface area contributed by atoms with Gasteiger partial charge in [0.2, 0.25) is 11.8 Å². The highest BCUT2D eigenvalue weighted by molar-refractivity contribution is 7.90. The second-order valence-corrected chi connectivity index (χ2v) is 8.61. The van der Waals surface area contributed by atoms with Crippen molar-refractivity contribution in [1.82, 2.24) is 5.32 Å². The molecule has 3 rings (SSSR count). The number of rotatable bonds is 6. The average Bonchev–Trinajstić information content (AvgIpc) is 2.96. The van der Waals surface area contributed by atoms with Crippen LogP contribution in [0.5, 0.6) is 0 Å². The number of aliphatic hydroxyl groups excluding tert-OH is 1. The lowest BCUT2D eigenvalue weighted by molar-refractivity contribution is -0.125. The summed E-state index contributed by atoms with van der Waals surface area (Å²) >= 11 is 0. The molecule has 0 aliphatic carbocycles. The van der Waals surface area contributed by atoms with Gasteiger partial charge >= 0.3 is 0 Å². The zero-order valence-corrected chi connectivity index (χ0v) is 15.8. The van der Waals surface area contributed by atoms with Crippen LogP contribution in [0, 0.1) is 5.82 Å². The van der Waals surface area contributed by atoms with Crippen molar-refractivity contribution >= 4 is 27.3 Å². The first-order chi connectivity index (χ1) is 13.2. The minimum Gasteiger partial charge on any atom is -0.394 e. The highest BCUT2D eigenvalue weighted by Crippen LogP contribution is 2.36. The monoisotopic (exact) mass is 406 g/mol. The maximum atomic E-state index is 13.8. The third kappa shape index (κ3) is 4.05. The Morgan fingerprint density at radius 2 is 1.93 bits per heavy atom. The molecule has 0 spiro atoms. The molecule has 2 amide bonds. The van der Waals surface area contributed by atoms with Crippen LogP contribution in [-0.2, 0) is 19.4 Å². The minimum absolute atomic E-state index is 0.0837. The van der Waals surface area contributed by atoms with Crippen LogP contribution < -0.4 is 10.6 Å². The largest absolute Gasteiger partial charge is 0.394 e. The fourth-order valence-electron chi connectivity index (χ4n) is 3.14. The number of hydrogen-bond acceptors (Lipinski definition) is 5. The van der Waals surface area contributed by atoms with E-state index in [1.54, 1.807) is 6.07 Å². The molecule has 0 bridgehead atoms. The van der Waals surface area contributed by atoms with Crippen molar-refractivity contribution in [3.05, 3.63) is 59.4 Å². The summed E-state index contributed by atoms with van der Waals surface area (Å²) in [7, 11) is -3.35. The van der Waals surface area contributed by atoms with Crippen molar-refractivity contribution in [3.63, 3.8) is 0 Å². The Bertz CT molecular complexity index is 1020. The van der Waals surface area contributed by atoms with Crippen LogP contribution in [0.3, 0.4) is 0 Å². The molecule has 2 aromatic rings. The van der Waals surface area contributed by atoms with E-state index in [0.29, 0.717) is 11.1 Å². The van der Waals surface area contributed by atoms with Crippen molar-refractivity contribution in [1.29, 1.82) is 0 Å². The topological polar surface area (TPSA) is 113 Å². The van der Waals surface area contributed by atoms with Gasteiger partial charge in [-0.05, 0) is 29.3 Å². The Morgan fingerprint density at radius 1 is 1.25 bits per heavy atom. The van der Waals surface area contributed by atoms with E-state index in [0.717, 1.165) is 6.26 Å². The van der Waals surface area contributed by atoms with Gasteiger partial charge in [0.15, 0.2) is 9.84 Å². The molecule has 2 atom stereocenters. The molecular formula is C19H19FN2O5S. The van der Waals surface area contributed by atoms with Gasteiger partial charge in [-0.25, -0.2) is 12.8 Å². The molecule has 0 saturated carbocycles. The number of fused-ring (bicyclic) bond motifs is 1. The molecule has 7 nitrogen and oxygen atoms in total. The van der Waals surface area contributed by atoms with E-state index in [1.807, 2.05) is 0 Å². The second-order valence-electron chi connectivity index (χ2n) is 6.59. The Kier molecular flexibility index (Phi) is 5.48. The lowest BCUT2D eigenvalue weighted by atomic mass is 9.96. The quantitative estimate of drug-likeness (QED) is 0.673. The molecule has 2 aromatic carbocycles. The van der Waals surface area contributed by atoms with Gasteiger partial charge in [-0.15, -0.1) is 0 Å². The Labute approximate surface area is 161 Å². The number of amides is 2. The van der Waals surface area contributed by atoms with E-state index in [-0.39, 0.29) is 17.0 Å². The predicted octanol–water partition coefficient (Wildman–Crippen LogP) is 1.50. The molecule has 148 valence electrons. The molecule has 0 aromatic heterocycles. The molecule has 9 heteroatoms. The summed E-state index contributed by atoms with van der Waals surface area (Å²) in [5, 5.41) is 14.7. The maximum absolute atomic E-state index is 13.8. The summed E-state index contributed by atoms with van der Waals surface area (Å²) in [6.45, 7) is -0.411. The van der Waals surface area contributed by atoms with Crippen LogP contribution in [0.1, 0.15) is 29.5 Å². The van der Waals surface area contributed by atoms with E-state index in [9.17, 15) is 27.5 Å². The second kappa shape index (κ2) is 7.69. The van der Waals surface area contributed by atoms with Crippen LogP contribution in [0.2, 0.25) is 0 Å². The lowest BCUT2D eigenvalue weighted by Crippen LogP contribution is -2.32. The van der Waals surface area contributed by atoms with Crippen molar-refractivity contribution in [3.8, 4) is 0 Å². The first-order valence-corrected chi connectivity index (χ1v) is 10.4. The molecular weight excluding hydrogens is 387 g/mol. The van der Waals surface area contributed by atoms with Crippen LogP contribution in [-0.4, -0.2) is 38.2 Å². The van der Waals surface area contributed by atoms with Crippen LogP contribution in [0.25, 0.3) is 0 Å². The van der Waals surface area contributed by atoms with Gasteiger partial charge in [0.05, 0.1) is 29.1 Å². The van der Waals surface area contributed by atoms with Crippen LogP contribution in [0.15, 0.2) is 47.4 Å². The van der Waals surface area contributed by atoms with Gasteiger partial charge in [0.1, 0.15) is 5.82 Å². The summed E-state index contributed by atoms with van der Waals surface area (Å²) in [5.74, 6) is -2.34. The molecule has 0 fully saturated rings. The maximum Gasteiger partial charge on any atom is 0.232 e. The molecule has 1 heterocycles. The number of carbonyl (C=O) groups excluding carboxylic acids is 2.